The van der Waals surface area contributed by atoms with Gasteiger partial charge in [-0.3, -0.25) is 0 Å². The lowest BCUT2D eigenvalue weighted by Crippen LogP contribution is -2.14. The van der Waals surface area contributed by atoms with E-state index in [1.807, 2.05) is 0 Å². The Balaban J connectivity index is 2.53. The van der Waals surface area contributed by atoms with Gasteiger partial charge in [-0.2, -0.15) is 0 Å². The van der Waals surface area contributed by atoms with Crippen LogP contribution in [0.3, 0.4) is 0 Å². The minimum absolute atomic E-state index is 0.401. The summed E-state index contributed by atoms with van der Waals surface area (Å²) in [5.41, 5.74) is 3.64. The van der Waals surface area contributed by atoms with E-state index in [0.29, 0.717) is 6.04 Å². The van der Waals surface area contributed by atoms with Crippen LogP contribution < -0.4 is 14.8 Å². The van der Waals surface area contributed by atoms with Crippen molar-refractivity contribution in [3.8, 4) is 11.5 Å². The Morgan fingerprint density at radius 3 is 2.41 bits per heavy atom. The predicted octanol–water partition coefficient (Wildman–Crippen LogP) is 2.75. The minimum Gasteiger partial charge on any atom is -0.493 e. The van der Waals surface area contributed by atoms with Crippen LogP contribution in [0.25, 0.3) is 0 Å². The van der Waals surface area contributed by atoms with Gasteiger partial charge in [-0.1, -0.05) is 6.07 Å². The fraction of sp³-hybridized carbons (Fsp3) is 0.571. The van der Waals surface area contributed by atoms with Crippen molar-refractivity contribution in [1.82, 2.24) is 5.32 Å². The third-order valence-electron chi connectivity index (χ3n) is 3.62. The quantitative estimate of drug-likeness (QED) is 0.874. The van der Waals surface area contributed by atoms with Crippen LogP contribution >= 0.6 is 0 Å². The number of ether oxygens (including phenoxy) is 2. The molecule has 1 aromatic rings. The van der Waals surface area contributed by atoms with Gasteiger partial charge in [0.15, 0.2) is 11.5 Å². The molecule has 1 saturated heterocycles. The number of aryl methyl sites for hydroxylation is 1. The standard InChI is InChI=1S/C14H21NO2/c1-9-8-11(12-6-5-7-15-12)14(17-4)13(16-3)10(9)2/h8,12,15H,5-7H2,1-4H3. The van der Waals surface area contributed by atoms with Crippen LogP contribution in [0.1, 0.15) is 35.6 Å². The Labute approximate surface area is 103 Å². The summed E-state index contributed by atoms with van der Waals surface area (Å²) in [7, 11) is 3.42. The fourth-order valence-corrected chi connectivity index (χ4v) is 2.55. The molecule has 3 heteroatoms. The van der Waals surface area contributed by atoms with Crippen molar-refractivity contribution in [1.29, 1.82) is 0 Å². The van der Waals surface area contributed by atoms with Crippen LogP contribution in [-0.4, -0.2) is 20.8 Å². The van der Waals surface area contributed by atoms with E-state index in [1.54, 1.807) is 14.2 Å². The minimum atomic E-state index is 0.401. The Kier molecular flexibility index (Phi) is 3.57. The molecule has 17 heavy (non-hydrogen) atoms. The monoisotopic (exact) mass is 235 g/mol. The first-order valence-corrected chi connectivity index (χ1v) is 6.14. The summed E-state index contributed by atoms with van der Waals surface area (Å²) in [4.78, 5) is 0. The topological polar surface area (TPSA) is 30.5 Å². The zero-order valence-electron chi connectivity index (χ0n) is 11.1. The number of hydrogen-bond acceptors (Lipinski definition) is 3. The number of methoxy groups -OCH3 is 2. The molecule has 0 bridgehead atoms. The third-order valence-corrected chi connectivity index (χ3v) is 3.62. The van der Waals surface area contributed by atoms with E-state index in [2.05, 4.69) is 25.2 Å². The summed E-state index contributed by atoms with van der Waals surface area (Å²) in [6, 6.07) is 2.62. The Hall–Kier alpha value is -1.22. The second kappa shape index (κ2) is 4.96. The molecule has 1 N–H and O–H groups in total. The molecule has 1 aromatic carbocycles. The van der Waals surface area contributed by atoms with Crippen molar-refractivity contribution in [2.24, 2.45) is 0 Å². The molecule has 3 nitrogen and oxygen atoms in total. The van der Waals surface area contributed by atoms with E-state index in [9.17, 15) is 0 Å². The molecular formula is C14H21NO2. The van der Waals surface area contributed by atoms with E-state index in [0.717, 1.165) is 23.6 Å². The van der Waals surface area contributed by atoms with Gasteiger partial charge < -0.3 is 14.8 Å². The Morgan fingerprint density at radius 2 is 1.88 bits per heavy atom. The molecule has 0 aromatic heterocycles. The molecule has 2 rings (SSSR count). The van der Waals surface area contributed by atoms with Gasteiger partial charge in [0.1, 0.15) is 0 Å². The van der Waals surface area contributed by atoms with Crippen LogP contribution in [0, 0.1) is 13.8 Å². The maximum absolute atomic E-state index is 5.55. The highest BCUT2D eigenvalue weighted by atomic mass is 16.5. The molecule has 0 saturated carbocycles. The maximum Gasteiger partial charge on any atom is 0.165 e. The number of hydrogen-bond donors (Lipinski definition) is 1. The van der Waals surface area contributed by atoms with E-state index >= 15 is 0 Å². The molecular weight excluding hydrogens is 214 g/mol. The van der Waals surface area contributed by atoms with Crippen LogP contribution in [0.2, 0.25) is 0 Å². The second-order valence-electron chi connectivity index (χ2n) is 4.62. The zero-order chi connectivity index (χ0) is 12.4. The van der Waals surface area contributed by atoms with Crippen molar-refractivity contribution < 1.29 is 9.47 Å². The molecule has 0 spiro atoms. The fourth-order valence-electron chi connectivity index (χ4n) is 2.55. The number of rotatable bonds is 3. The summed E-state index contributed by atoms with van der Waals surface area (Å²) in [6.45, 7) is 5.28. The van der Waals surface area contributed by atoms with Gasteiger partial charge in [0, 0.05) is 11.6 Å². The lowest BCUT2D eigenvalue weighted by molar-refractivity contribution is 0.346. The van der Waals surface area contributed by atoms with E-state index < -0.39 is 0 Å². The summed E-state index contributed by atoms with van der Waals surface area (Å²) in [6.07, 6.45) is 2.39. The lowest BCUT2D eigenvalue weighted by Gasteiger charge is -2.20. The molecule has 94 valence electrons. The van der Waals surface area contributed by atoms with Crippen molar-refractivity contribution in [2.75, 3.05) is 20.8 Å². The summed E-state index contributed by atoms with van der Waals surface area (Å²) in [5.74, 6) is 1.76. The largest absolute Gasteiger partial charge is 0.493 e. The van der Waals surface area contributed by atoms with Gasteiger partial charge in [-0.05, 0) is 44.4 Å². The average molecular weight is 235 g/mol. The number of benzene rings is 1. The lowest BCUT2D eigenvalue weighted by atomic mass is 9.97. The normalized spacial score (nSPS) is 19.4. The summed E-state index contributed by atoms with van der Waals surface area (Å²) in [5, 5.41) is 3.51. The molecule has 1 aliphatic heterocycles. The number of nitrogens with one attached hydrogen (secondary N) is 1. The van der Waals surface area contributed by atoms with E-state index in [-0.39, 0.29) is 0 Å². The van der Waals surface area contributed by atoms with E-state index in [1.165, 1.54) is 24.0 Å². The maximum atomic E-state index is 5.55. The van der Waals surface area contributed by atoms with Gasteiger partial charge in [0.2, 0.25) is 0 Å². The molecule has 0 radical (unpaired) electrons. The second-order valence-corrected chi connectivity index (χ2v) is 4.62. The molecule has 1 heterocycles. The smallest absolute Gasteiger partial charge is 0.165 e. The van der Waals surface area contributed by atoms with Gasteiger partial charge >= 0.3 is 0 Å². The van der Waals surface area contributed by atoms with Gasteiger partial charge in [-0.15, -0.1) is 0 Å². The van der Waals surface area contributed by atoms with Crippen LogP contribution in [0.15, 0.2) is 6.07 Å². The van der Waals surface area contributed by atoms with Gasteiger partial charge in [-0.25, -0.2) is 0 Å². The van der Waals surface area contributed by atoms with Crippen LogP contribution in [0.5, 0.6) is 11.5 Å². The van der Waals surface area contributed by atoms with Crippen LogP contribution in [0.4, 0.5) is 0 Å². The molecule has 1 unspecified atom stereocenters. The summed E-state index contributed by atoms with van der Waals surface area (Å²) >= 11 is 0. The first-order valence-electron chi connectivity index (χ1n) is 6.14. The van der Waals surface area contributed by atoms with Crippen molar-refractivity contribution in [2.45, 2.75) is 32.7 Å². The SMILES string of the molecule is COc1c(C2CCCN2)cc(C)c(C)c1OC. The molecule has 0 aliphatic carbocycles. The molecule has 1 fully saturated rings. The van der Waals surface area contributed by atoms with Crippen molar-refractivity contribution >= 4 is 0 Å². The molecule has 0 amide bonds. The van der Waals surface area contributed by atoms with Gasteiger partial charge in [0.05, 0.1) is 14.2 Å². The highest BCUT2D eigenvalue weighted by Gasteiger charge is 2.24. The Morgan fingerprint density at radius 1 is 1.18 bits per heavy atom. The van der Waals surface area contributed by atoms with E-state index in [4.69, 9.17) is 9.47 Å². The molecule has 1 aliphatic rings. The average Bonchev–Trinajstić information content (AvgIpc) is 2.85. The highest BCUT2D eigenvalue weighted by molar-refractivity contribution is 5.56. The Bertz CT molecular complexity index is 409. The van der Waals surface area contributed by atoms with Gasteiger partial charge in [0.25, 0.3) is 0 Å². The zero-order valence-corrected chi connectivity index (χ0v) is 11.1. The van der Waals surface area contributed by atoms with Crippen LogP contribution in [-0.2, 0) is 0 Å². The first kappa shape index (κ1) is 12.2. The predicted molar refractivity (Wildman–Crippen MR) is 69.0 cm³/mol. The van der Waals surface area contributed by atoms with Crippen molar-refractivity contribution in [3.05, 3.63) is 22.8 Å². The third kappa shape index (κ3) is 2.12. The first-order chi connectivity index (χ1) is 8.19. The summed E-state index contributed by atoms with van der Waals surface area (Å²) < 4.78 is 11.0. The highest BCUT2D eigenvalue weighted by Crippen LogP contribution is 2.41. The van der Waals surface area contributed by atoms with Crippen molar-refractivity contribution in [3.63, 3.8) is 0 Å². The molecule has 1 atom stereocenters.